The third-order valence-electron chi connectivity index (χ3n) is 8.72. The van der Waals surface area contributed by atoms with Crippen LogP contribution in [0.25, 0.3) is 0 Å². The number of fused-ring (bicyclic) bond motifs is 1. The summed E-state index contributed by atoms with van der Waals surface area (Å²) in [5.74, 6) is 2.04. The molecule has 5 nitrogen and oxygen atoms in total. The van der Waals surface area contributed by atoms with Gasteiger partial charge in [0.1, 0.15) is 18.1 Å². The molecular weight excluding hydrogens is 491 g/mol. The molecule has 39 heavy (non-hydrogen) atoms. The summed E-state index contributed by atoms with van der Waals surface area (Å²) in [6.45, 7) is 8.65. The van der Waals surface area contributed by atoms with Crippen LogP contribution in [-0.4, -0.2) is 60.3 Å². The molecule has 3 aliphatic rings. The number of rotatable bonds is 10. The summed E-state index contributed by atoms with van der Waals surface area (Å²) in [6, 6.07) is 11.6. The Bertz CT molecular complexity index is 1190. The third-order valence-corrected chi connectivity index (χ3v) is 8.72. The number of aryl methyl sites for hydroxylation is 1. The molecule has 0 saturated carbocycles. The van der Waals surface area contributed by atoms with E-state index in [0.29, 0.717) is 36.5 Å². The zero-order valence-corrected chi connectivity index (χ0v) is 23.6. The second-order valence-electron chi connectivity index (χ2n) is 11.6. The maximum Gasteiger partial charge on any atom is 0.165 e. The Kier molecular flexibility index (Phi) is 8.93. The number of likely N-dealkylation sites (tertiary alicyclic amines) is 1. The molecule has 0 bridgehead atoms. The molecule has 210 valence electrons. The topological polar surface area (TPSA) is 45.2 Å². The van der Waals surface area contributed by atoms with Crippen molar-refractivity contribution in [2.24, 2.45) is 11.8 Å². The number of hydrogen-bond acceptors (Lipinski definition) is 5. The fraction of sp³-hybridized carbons (Fsp3) is 0.515. The van der Waals surface area contributed by atoms with Crippen LogP contribution in [0.1, 0.15) is 49.8 Å². The Morgan fingerprint density at radius 1 is 1.10 bits per heavy atom. The Morgan fingerprint density at radius 2 is 1.92 bits per heavy atom. The minimum absolute atomic E-state index is 0.132. The van der Waals surface area contributed by atoms with Gasteiger partial charge in [-0.3, -0.25) is 9.80 Å². The summed E-state index contributed by atoms with van der Waals surface area (Å²) >= 11 is 0. The van der Waals surface area contributed by atoms with Crippen LogP contribution in [0.2, 0.25) is 0 Å². The Labute approximate surface area is 232 Å². The Hall–Kier alpha value is -2.83. The maximum atomic E-state index is 15.1. The van der Waals surface area contributed by atoms with E-state index in [1.807, 2.05) is 12.1 Å². The van der Waals surface area contributed by atoms with Gasteiger partial charge in [-0.25, -0.2) is 4.39 Å². The molecule has 1 aliphatic heterocycles. The van der Waals surface area contributed by atoms with Crippen molar-refractivity contribution in [2.75, 3.05) is 33.4 Å². The Morgan fingerprint density at radius 3 is 2.67 bits per heavy atom. The van der Waals surface area contributed by atoms with Gasteiger partial charge in [0.2, 0.25) is 0 Å². The number of phenols is 1. The van der Waals surface area contributed by atoms with Crippen LogP contribution in [0.3, 0.4) is 0 Å². The summed E-state index contributed by atoms with van der Waals surface area (Å²) in [5.41, 5.74) is 3.53. The van der Waals surface area contributed by atoms with Crippen LogP contribution in [0.4, 0.5) is 4.39 Å². The van der Waals surface area contributed by atoms with Crippen molar-refractivity contribution in [1.82, 2.24) is 9.80 Å². The quantitative estimate of drug-likeness (QED) is 0.399. The van der Waals surface area contributed by atoms with E-state index >= 15 is 4.39 Å². The molecule has 0 amide bonds. The first-order valence-electron chi connectivity index (χ1n) is 14.6. The van der Waals surface area contributed by atoms with E-state index in [0.717, 1.165) is 50.2 Å². The third kappa shape index (κ3) is 6.67. The molecule has 2 aromatic rings. The molecule has 0 spiro atoms. The summed E-state index contributed by atoms with van der Waals surface area (Å²) in [6.07, 6.45) is 12.2. The highest BCUT2D eigenvalue weighted by Crippen LogP contribution is 2.38. The van der Waals surface area contributed by atoms with Crippen molar-refractivity contribution < 1.29 is 19.0 Å². The second-order valence-corrected chi connectivity index (χ2v) is 11.6. The van der Waals surface area contributed by atoms with Crippen LogP contribution in [-0.2, 0) is 24.1 Å². The molecule has 2 unspecified atom stereocenters. The molecule has 0 radical (unpaired) electrons. The number of aromatic hydroxyl groups is 1. The van der Waals surface area contributed by atoms with Crippen LogP contribution in [0.5, 0.6) is 11.5 Å². The smallest absolute Gasteiger partial charge is 0.165 e. The number of allylic oxidation sites excluding steroid dienone is 1. The van der Waals surface area contributed by atoms with Gasteiger partial charge in [0.25, 0.3) is 0 Å². The predicted molar refractivity (Wildman–Crippen MR) is 153 cm³/mol. The highest BCUT2D eigenvalue weighted by atomic mass is 19.1. The van der Waals surface area contributed by atoms with E-state index in [1.54, 1.807) is 25.3 Å². The van der Waals surface area contributed by atoms with Crippen molar-refractivity contribution in [3.8, 4) is 11.5 Å². The van der Waals surface area contributed by atoms with Crippen LogP contribution in [0.15, 0.2) is 60.4 Å². The molecule has 2 aliphatic carbocycles. The average molecular weight is 535 g/mol. The van der Waals surface area contributed by atoms with Gasteiger partial charge in [0.05, 0.1) is 7.11 Å². The summed E-state index contributed by atoms with van der Waals surface area (Å²) in [7, 11) is 1.72. The molecule has 1 saturated heterocycles. The first-order chi connectivity index (χ1) is 18.9. The molecule has 2 aromatic carbocycles. The molecule has 6 heteroatoms. The zero-order chi connectivity index (χ0) is 27.4. The monoisotopic (exact) mass is 534 g/mol. The van der Waals surface area contributed by atoms with Crippen molar-refractivity contribution in [1.29, 1.82) is 0 Å². The van der Waals surface area contributed by atoms with Gasteiger partial charge in [-0.05, 0) is 124 Å². The largest absolute Gasteiger partial charge is 0.508 e. The lowest BCUT2D eigenvalue weighted by molar-refractivity contribution is 0.110. The van der Waals surface area contributed by atoms with Gasteiger partial charge in [0.15, 0.2) is 11.6 Å². The number of halogens is 1. The lowest BCUT2D eigenvalue weighted by atomic mass is 9.72. The lowest BCUT2D eigenvalue weighted by Gasteiger charge is -2.43. The van der Waals surface area contributed by atoms with Crippen molar-refractivity contribution in [3.05, 3.63) is 82.9 Å². The minimum Gasteiger partial charge on any atom is -0.508 e. The molecule has 5 rings (SSSR count). The minimum atomic E-state index is -0.294. The molecular formula is C33H43FN2O3. The summed E-state index contributed by atoms with van der Waals surface area (Å²) in [4.78, 5) is 4.83. The van der Waals surface area contributed by atoms with Gasteiger partial charge in [-0.2, -0.15) is 0 Å². The number of ether oxygens (including phenoxy) is 2. The van der Waals surface area contributed by atoms with Crippen LogP contribution >= 0.6 is 0 Å². The number of nitrogens with zero attached hydrogens (tertiary/aromatic N) is 2. The van der Waals surface area contributed by atoms with Gasteiger partial charge >= 0.3 is 0 Å². The normalized spacial score (nSPS) is 23.2. The van der Waals surface area contributed by atoms with Crippen LogP contribution < -0.4 is 4.74 Å². The molecule has 3 atom stereocenters. The van der Waals surface area contributed by atoms with Crippen molar-refractivity contribution >= 4 is 0 Å². The van der Waals surface area contributed by atoms with E-state index in [-0.39, 0.29) is 17.9 Å². The molecule has 1 N–H and O–H groups in total. The molecule has 1 heterocycles. The standard InChI is InChI=1S/C33H43FN2O3/c1-23(2)36(22-24-6-13-33(31(34)18-24)39-17-16-35-14-4-5-15-35)32-21-29(38-3)11-12-30(32)27-8-7-26-20-28(37)10-9-25(26)19-27/h6,9-13,18,20-21,23,27,30,32,37H,4-5,7-8,14-17,19,22H2,1-3H3/t27-,30?,32?/m1/s1. The zero-order valence-electron chi connectivity index (χ0n) is 23.6. The fourth-order valence-corrected chi connectivity index (χ4v) is 6.54. The first kappa shape index (κ1) is 27.7. The fourth-order valence-electron chi connectivity index (χ4n) is 6.54. The van der Waals surface area contributed by atoms with Crippen LogP contribution in [0, 0.1) is 17.7 Å². The van der Waals surface area contributed by atoms with Crippen molar-refractivity contribution in [2.45, 2.75) is 64.6 Å². The first-order valence-corrected chi connectivity index (χ1v) is 14.6. The number of methoxy groups -OCH3 is 1. The number of benzene rings is 2. The van der Waals surface area contributed by atoms with E-state index < -0.39 is 0 Å². The van der Waals surface area contributed by atoms with Gasteiger partial charge < -0.3 is 14.6 Å². The molecule has 1 fully saturated rings. The van der Waals surface area contributed by atoms with Crippen molar-refractivity contribution in [3.63, 3.8) is 0 Å². The van der Waals surface area contributed by atoms with E-state index in [1.165, 1.54) is 24.0 Å². The van der Waals surface area contributed by atoms with Gasteiger partial charge in [-0.15, -0.1) is 0 Å². The summed E-state index contributed by atoms with van der Waals surface area (Å²) in [5, 5.41) is 9.92. The van der Waals surface area contributed by atoms with E-state index in [4.69, 9.17) is 9.47 Å². The second kappa shape index (κ2) is 12.6. The lowest BCUT2D eigenvalue weighted by Crippen LogP contribution is -2.46. The highest BCUT2D eigenvalue weighted by Gasteiger charge is 2.36. The van der Waals surface area contributed by atoms with Gasteiger partial charge in [0, 0.05) is 25.2 Å². The number of phenolic OH excluding ortho intramolecular Hbond substituents is 1. The average Bonchev–Trinajstić information content (AvgIpc) is 3.46. The summed E-state index contributed by atoms with van der Waals surface area (Å²) < 4.78 is 26.5. The van der Waals surface area contributed by atoms with E-state index in [9.17, 15) is 5.11 Å². The SMILES string of the molecule is COC1=CC(N(Cc2ccc(OCCN3CCCC3)c(F)c2)C(C)C)C([C@@H]2CCc3cc(O)ccc3C2)C=C1. The Balaban J connectivity index is 1.30. The van der Waals surface area contributed by atoms with Gasteiger partial charge in [-0.1, -0.05) is 18.2 Å². The maximum absolute atomic E-state index is 15.1. The predicted octanol–water partition coefficient (Wildman–Crippen LogP) is 6.11. The molecule has 0 aromatic heterocycles. The highest BCUT2D eigenvalue weighted by molar-refractivity contribution is 5.37. The number of hydrogen-bond donors (Lipinski definition) is 1. The van der Waals surface area contributed by atoms with E-state index in [2.05, 4.69) is 47.9 Å².